The van der Waals surface area contributed by atoms with E-state index in [0.29, 0.717) is 32.3 Å². The number of imidazole rings is 1. The molecule has 0 atom stereocenters. The van der Waals surface area contributed by atoms with E-state index in [9.17, 15) is 4.79 Å². The van der Waals surface area contributed by atoms with E-state index in [1.54, 1.807) is 18.2 Å². The Bertz CT molecular complexity index is 799. The smallest absolute Gasteiger partial charge is 0.249 e. The third kappa shape index (κ3) is 2.16. The Balaban J connectivity index is 2.09. The number of hydrogen-bond acceptors (Lipinski definition) is 6. The van der Waals surface area contributed by atoms with E-state index in [4.69, 9.17) is 11.5 Å². The molecule has 0 spiro atoms. The molecule has 100 valence electrons. The van der Waals surface area contributed by atoms with Gasteiger partial charge in [-0.15, -0.1) is 0 Å². The number of amides is 1. The van der Waals surface area contributed by atoms with Crippen molar-refractivity contribution in [3.63, 3.8) is 0 Å². The number of carbonyl (C=O) groups excluding carboxylic acids is 1. The van der Waals surface area contributed by atoms with Crippen molar-refractivity contribution in [1.82, 2.24) is 19.9 Å². The first-order valence-electron chi connectivity index (χ1n) is 5.66. The summed E-state index contributed by atoms with van der Waals surface area (Å²) in [5, 5.41) is 0.653. The number of nitrogens with one attached hydrogen (secondary N) is 1. The topological polar surface area (TPSA) is 124 Å². The predicted molar refractivity (Wildman–Crippen MR) is 75.2 cm³/mol. The molecule has 8 heteroatoms. The zero-order chi connectivity index (χ0) is 14.1. The molecule has 0 saturated heterocycles. The van der Waals surface area contributed by atoms with Gasteiger partial charge in [0.2, 0.25) is 5.91 Å². The van der Waals surface area contributed by atoms with Crippen molar-refractivity contribution in [1.29, 1.82) is 0 Å². The minimum Gasteiger partial charge on any atom is -0.399 e. The molecule has 0 aliphatic carbocycles. The average Bonchev–Trinajstić information content (AvgIpc) is 2.88. The summed E-state index contributed by atoms with van der Waals surface area (Å²) in [4.78, 5) is 27.4. The number of anilines is 1. The number of rotatable bonds is 3. The number of aromatic nitrogens is 4. The Morgan fingerprint density at radius 3 is 2.90 bits per heavy atom. The molecule has 0 aliphatic heterocycles. The van der Waals surface area contributed by atoms with Gasteiger partial charge in [-0.1, -0.05) is 11.8 Å². The van der Waals surface area contributed by atoms with Crippen LogP contribution in [0.25, 0.3) is 11.2 Å². The zero-order valence-electron chi connectivity index (χ0n) is 10.2. The predicted octanol–water partition coefficient (Wildman–Crippen LogP) is 1.19. The maximum Gasteiger partial charge on any atom is 0.249 e. The summed E-state index contributed by atoms with van der Waals surface area (Å²) in [6, 6.07) is 4.93. The van der Waals surface area contributed by atoms with E-state index >= 15 is 0 Å². The van der Waals surface area contributed by atoms with Crippen molar-refractivity contribution >= 4 is 34.5 Å². The maximum absolute atomic E-state index is 11.5. The van der Waals surface area contributed by atoms with Crippen molar-refractivity contribution in [2.45, 2.75) is 9.92 Å². The molecule has 5 N–H and O–H groups in total. The number of fused-ring (bicyclic) bond motifs is 1. The first-order valence-corrected chi connectivity index (χ1v) is 6.48. The monoisotopic (exact) mass is 286 g/mol. The van der Waals surface area contributed by atoms with Crippen molar-refractivity contribution in [2.75, 3.05) is 5.73 Å². The lowest BCUT2D eigenvalue weighted by molar-refractivity contribution is 0.0997. The Morgan fingerprint density at radius 1 is 1.25 bits per heavy atom. The van der Waals surface area contributed by atoms with Gasteiger partial charge in [-0.3, -0.25) is 4.79 Å². The fraction of sp³-hybridized carbons (Fsp3) is 0. The van der Waals surface area contributed by atoms with Gasteiger partial charge in [-0.2, -0.15) is 0 Å². The number of hydrogen-bond donors (Lipinski definition) is 3. The van der Waals surface area contributed by atoms with Crippen LogP contribution < -0.4 is 11.5 Å². The molecule has 0 fully saturated rings. The molecule has 0 aliphatic rings. The lowest BCUT2D eigenvalue weighted by atomic mass is 10.2. The molecule has 1 aromatic carbocycles. The summed E-state index contributed by atoms with van der Waals surface area (Å²) in [5.74, 6) is -0.512. The van der Waals surface area contributed by atoms with Crippen LogP contribution >= 0.6 is 11.8 Å². The van der Waals surface area contributed by atoms with Gasteiger partial charge in [-0.25, -0.2) is 15.0 Å². The molecule has 20 heavy (non-hydrogen) atoms. The normalized spacial score (nSPS) is 10.8. The molecule has 0 saturated carbocycles. The van der Waals surface area contributed by atoms with Crippen molar-refractivity contribution in [3.8, 4) is 0 Å². The number of carbonyl (C=O) groups is 1. The quantitative estimate of drug-likeness (QED) is 0.490. The molecule has 0 bridgehead atoms. The number of primary amides is 1. The summed E-state index contributed by atoms with van der Waals surface area (Å²) in [5.41, 5.74) is 13.3. The summed E-state index contributed by atoms with van der Waals surface area (Å²) in [6.45, 7) is 0. The van der Waals surface area contributed by atoms with Gasteiger partial charge in [0.1, 0.15) is 16.9 Å². The summed E-state index contributed by atoms with van der Waals surface area (Å²) in [6.07, 6.45) is 2.96. The Kier molecular flexibility index (Phi) is 2.99. The fourth-order valence-corrected chi connectivity index (χ4v) is 2.79. The molecule has 3 aromatic rings. The van der Waals surface area contributed by atoms with Gasteiger partial charge in [0.05, 0.1) is 11.9 Å². The van der Waals surface area contributed by atoms with Gasteiger partial charge in [0.25, 0.3) is 0 Å². The highest BCUT2D eigenvalue weighted by Crippen LogP contribution is 2.33. The molecule has 2 aromatic heterocycles. The summed E-state index contributed by atoms with van der Waals surface area (Å²) >= 11 is 1.29. The second-order valence-electron chi connectivity index (χ2n) is 4.00. The van der Waals surface area contributed by atoms with Crippen LogP contribution in [-0.2, 0) is 0 Å². The lowest BCUT2D eigenvalue weighted by Crippen LogP contribution is -2.12. The van der Waals surface area contributed by atoms with Gasteiger partial charge in [-0.05, 0) is 18.2 Å². The second-order valence-corrected chi connectivity index (χ2v) is 5.03. The highest BCUT2D eigenvalue weighted by Gasteiger charge is 2.13. The van der Waals surface area contributed by atoms with Crippen LogP contribution in [0.15, 0.2) is 40.8 Å². The van der Waals surface area contributed by atoms with Gasteiger partial charge in [0.15, 0.2) is 5.65 Å². The van der Waals surface area contributed by atoms with Crippen LogP contribution in [0.2, 0.25) is 0 Å². The Morgan fingerprint density at radius 2 is 2.10 bits per heavy atom. The van der Waals surface area contributed by atoms with E-state index in [-0.39, 0.29) is 0 Å². The minimum atomic E-state index is -0.512. The maximum atomic E-state index is 11.5. The molecular formula is C12H10N6OS. The van der Waals surface area contributed by atoms with Crippen LogP contribution in [0, 0.1) is 0 Å². The van der Waals surface area contributed by atoms with E-state index in [1.807, 2.05) is 0 Å². The van der Waals surface area contributed by atoms with Crippen molar-refractivity contribution in [2.24, 2.45) is 5.73 Å². The largest absolute Gasteiger partial charge is 0.399 e. The number of aromatic amines is 1. The number of nitrogens with two attached hydrogens (primary N) is 2. The van der Waals surface area contributed by atoms with Crippen molar-refractivity contribution < 1.29 is 4.79 Å². The van der Waals surface area contributed by atoms with Crippen LogP contribution in [0.3, 0.4) is 0 Å². The first-order chi connectivity index (χ1) is 9.65. The summed E-state index contributed by atoms with van der Waals surface area (Å²) in [7, 11) is 0. The van der Waals surface area contributed by atoms with E-state index in [0.717, 1.165) is 0 Å². The van der Waals surface area contributed by atoms with Crippen LogP contribution in [0.4, 0.5) is 5.69 Å². The molecule has 0 radical (unpaired) electrons. The number of nitrogens with zero attached hydrogens (tertiary/aromatic N) is 3. The minimum absolute atomic E-state index is 0.399. The van der Waals surface area contributed by atoms with Crippen molar-refractivity contribution in [3.05, 3.63) is 36.4 Å². The highest BCUT2D eigenvalue weighted by atomic mass is 32.2. The van der Waals surface area contributed by atoms with Crippen LogP contribution in [-0.4, -0.2) is 25.8 Å². The molecule has 1 amide bonds. The molecule has 3 rings (SSSR count). The number of nitrogen functional groups attached to an aromatic ring is 1. The van der Waals surface area contributed by atoms with Crippen LogP contribution in [0.5, 0.6) is 0 Å². The third-order valence-electron chi connectivity index (χ3n) is 2.67. The number of benzene rings is 1. The van der Waals surface area contributed by atoms with E-state index in [1.165, 1.54) is 24.4 Å². The van der Waals surface area contributed by atoms with Crippen LogP contribution in [0.1, 0.15) is 10.4 Å². The van der Waals surface area contributed by atoms with Gasteiger partial charge < -0.3 is 16.5 Å². The zero-order valence-corrected chi connectivity index (χ0v) is 11.0. The Labute approximate surface area is 117 Å². The van der Waals surface area contributed by atoms with Gasteiger partial charge in [0, 0.05) is 10.6 Å². The lowest BCUT2D eigenvalue weighted by Gasteiger charge is -2.07. The van der Waals surface area contributed by atoms with Gasteiger partial charge >= 0.3 is 0 Å². The SMILES string of the molecule is NC(=O)c1ccc(N)cc1Sc1ncnc2nc[nH]c12. The fourth-order valence-electron chi connectivity index (χ4n) is 1.75. The molecule has 2 heterocycles. The Hall–Kier alpha value is -2.61. The molecular weight excluding hydrogens is 276 g/mol. The first kappa shape index (κ1) is 12.4. The standard InChI is InChI=1S/C12H10N6OS/c13-6-1-2-7(10(14)19)8(3-6)20-12-9-11(16-4-15-9)17-5-18-12/h1-5H,13H2,(H2,14,19)(H,15,16,17,18). The van der Waals surface area contributed by atoms with E-state index < -0.39 is 5.91 Å². The average molecular weight is 286 g/mol. The third-order valence-corrected chi connectivity index (χ3v) is 3.73. The summed E-state index contributed by atoms with van der Waals surface area (Å²) < 4.78 is 0. The second kappa shape index (κ2) is 4.82. The molecule has 0 unspecified atom stereocenters. The number of H-pyrrole nitrogens is 1. The van der Waals surface area contributed by atoms with E-state index in [2.05, 4.69) is 19.9 Å². The highest BCUT2D eigenvalue weighted by molar-refractivity contribution is 7.99. The molecule has 7 nitrogen and oxygen atoms in total.